The van der Waals surface area contributed by atoms with E-state index in [1.807, 2.05) is 0 Å². The number of fused-ring (bicyclic) bond motifs is 1. The Morgan fingerprint density at radius 2 is 1.83 bits per heavy atom. The molecule has 1 heterocycles. The standard InChI is InChI=1S/C15H28N2O/c1-4-17-13-10-8-6-5-7-9-11-14(13)18-15(17)16-12(2)3/h12-14H,4-11H2,1-3H3. The maximum atomic E-state index is 6.15. The van der Waals surface area contributed by atoms with E-state index in [1.54, 1.807) is 0 Å². The average molecular weight is 252 g/mol. The van der Waals surface area contributed by atoms with E-state index in [2.05, 4.69) is 30.7 Å². The Kier molecular flexibility index (Phi) is 4.90. The third kappa shape index (κ3) is 3.18. The highest BCUT2D eigenvalue weighted by Crippen LogP contribution is 2.29. The molecule has 18 heavy (non-hydrogen) atoms. The number of nitrogens with zero attached hydrogens (tertiary/aromatic N) is 2. The van der Waals surface area contributed by atoms with Crippen LogP contribution in [-0.4, -0.2) is 35.7 Å². The minimum atomic E-state index is 0.321. The van der Waals surface area contributed by atoms with Gasteiger partial charge in [-0.2, -0.15) is 0 Å². The lowest BCUT2D eigenvalue weighted by Crippen LogP contribution is -2.37. The van der Waals surface area contributed by atoms with Gasteiger partial charge in [-0.25, -0.2) is 4.99 Å². The Bertz CT molecular complexity index is 288. The highest BCUT2D eigenvalue weighted by atomic mass is 16.5. The summed E-state index contributed by atoms with van der Waals surface area (Å²) in [6, 6.07) is 1.80. The van der Waals surface area contributed by atoms with Gasteiger partial charge >= 0.3 is 0 Å². The minimum Gasteiger partial charge on any atom is -0.460 e. The van der Waals surface area contributed by atoms with Crippen LogP contribution >= 0.6 is 0 Å². The Morgan fingerprint density at radius 1 is 1.17 bits per heavy atom. The molecule has 1 aliphatic carbocycles. The molecule has 0 bridgehead atoms. The van der Waals surface area contributed by atoms with Gasteiger partial charge in [-0.3, -0.25) is 0 Å². The summed E-state index contributed by atoms with van der Waals surface area (Å²) >= 11 is 0. The van der Waals surface area contributed by atoms with Crippen LogP contribution in [-0.2, 0) is 4.74 Å². The third-order valence-electron chi connectivity index (χ3n) is 4.03. The highest BCUT2D eigenvalue weighted by molar-refractivity contribution is 5.76. The molecule has 2 atom stereocenters. The molecule has 0 radical (unpaired) electrons. The molecule has 0 amide bonds. The van der Waals surface area contributed by atoms with Crippen molar-refractivity contribution in [2.24, 2.45) is 4.99 Å². The van der Waals surface area contributed by atoms with E-state index in [0.717, 1.165) is 12.6 Å². The van der Waals surface area contributed by atoms with Gasteiger partial charge in [-0.1, -0.05) is 25.7 Å². The van der Waals surface area contributed by atoms with Crippen LogP contribution in [0.4, 0.5) is 0 Å². The Balaban J connectivity index is 2.11. The van der Waals surface area contributed by atoms with Crippen molar-refractivity contribution < 1.29 is 4.74 Å². The SMILES string of the molecule is CCN1C(=NC(C)C)OC2CCCCCCCC21. The van der Waals surface area contributed by atoms with Gasteiger partial charge in [0.15, 0.2) is 0 Å². The Morgan fingerprint density at radius 3 is 2.50 bits per heavy atom. The monoisotopic (exact) mass is 252 g/mol. The van der Waals surface area contributed by atoms with E-state index in [1.165, 1.54) is 44.9 Å². The van der Waals surface area contributed by atoms with Crippen molar-refractivity contribution in [2.45, 2.75) is 83.9 Å². The second-order valence-corrected chi connectivity index (χ2v) is 5.86. The Labute approximate surface area is 112 Å². The fourth-order valence-electron chi connectivity index (χ4n) is 3.14. The number of likely N-dealkylation sites (N-methyl/N-ethyl adjacent to an activating group) is 1. The molecule has 2 fully saturated rings. The lowest BCUT2D eigenvalue weighted by Gasteiger charge is -2.24. The first-order valence-corrected chi connectivity index (χ1v) is 7.73. The smallest absolute Gasteiger partial charge is 0.288 e. The van der Waals surface area contributed by atoms with Crippen LogP contribution in [0.15, 0.2) is 4.99 Å². The quantitative estimate of drug-likeness (QED) is 0.750. The first kappa shape index (κ1) is 13.7. The van der Waals surface area contributed by atoms with Crippen molar-refractivity contribution in [3.8, 4) is 0 Å². The fraction of sp³-hybridized carbons (Fsp3) is 0.933. The Hall–Kier alpha value is -0.730. The zero-order valence-corrected chi connectivity index (χ0v) is 12.2. The molecule has 0 aromatic rings. The summed E-state index contributed by atoms with van der Waals surface area (Å²) in [6.07, 6.45) is 9.68. The van der Waals surface area contributed by atoms with Gasteiger partial charge in [-0.15, -0.1) is 0 Å². The topological polar surface area (TPSA) is 24.8 Å². The first-order chi connectivity index (χ1) is 8.72. The molecule has 3 nitrogen and oxygen atoms in total. The molecule has 2 aliphatic rings. The molecule has 104 valence electrons. The highest BCUT2D eigenvalue weighted by Gasteiger charge is 2.38. The summed E-state index contributed by atoms with van der Waals surface area (Å²) in [5.74, 6) is 0. The lowest BCUT2D eigenvalue weighted by atomic mass is 10.0. The second kappa shape index (κ2) is 6.44. The number of ether oxygens (including phenoxy) is 1. The van der Waals surface area contributed by atoms with Gasteiger partial charge in [0.05, 0.1) is 6.04 Å². The lowest BCUT2D eigenvalue weighted by molar-refractivity contribution is 0.169. The van der Waals surface area contributed by atoms with E-state index in [-0.39, 0.29) is 0 Å². The molecular weight excluding hydrogens is 224 g/mol. The molecular formula is C15H28N2O. The van der Waals surface area contributed by atoms with Crippen molar-refractivity contribution in [1.29, 1.82) is 0 Å². The van der Waals surface area contributed by atoms with Gasteiger partial charge in [0.1, 0.15) is 6.10 Å². The van der Waals surface area contributed by atoms with Crippen LogP contribution < -0.4 is 0 Å². The normalized spacial score (nSPS) is 31.8. The summed E-state index contributed by atoms with van der Waals surface area (Å²) in [4.78, 5) is 7.06. The van der Waals surface area contributed by atoms with E-state index >= 15 is 0 Å². The van der Waals surface area contributed by atoms with E-state index in [9.17, 15) is 0 Å². The summed E-state index contributed by atoms with van der Waals surface area (Å²) in [5.41, 5.74) is 0. The number of hydrogen-bond donors (Lipinski definition) is 0. The predicted molar refractivity (Wildman–Crippen MR) is 75.9 cm³/mol. The van der Waals surface area contributed by atoms with E-state index < -0.39 is 0 Å². The third-order valence-corrected chi connectivity index (χ3v) is 4.03. The van der Waals surface area contributed by atoms with Crippen molar-refractivity contribution in [1.82, 2.24) is 4.90 Å². The van der Waals surface area contributed by atoms with Crippen LogP contribution in [0.1, 0.15) is 65.7 Å². The molecule has 0 aromatic heterocycles. The van der Waals surface area contributed by atoms with E-state index in [4.69, 9.17) is 4.74 Å². The summed E-state index contributed by atoms with van der Waals surface area (Å²) in [7, 11) is 0. The second-order valence-electron chi connectivity index (χ2n) is 5.86. The van der Waals surface area contributed by atoms with Crippen molar-refractivity contribution in [2.75, 3.05) is 6.54 Å². The zero-order valence-electron chi connectivity index (χ0n) is 12.2. The van der Waals surface area contributed by atoms with Gasteiger partial charge in [0, 0.05) is 12.6 Å². The van der Waals surface area contributed by atoms with Crippen molar-refractivity contribution >= 4 is 6.02 Å². The average Bonchev–Trinajstić information content (AvgIpc) is 2.67. The first-order valence-electron chi connectivity index (χ1n) is 7.73. The minimum absolute atomic E-state index is 0.321. The molecule has 2 rings (SSSR count). The van der Waals surface area contributed by atoms with Crippen LogP contribution in [0, 0.1) is 0 Å². The van der Waals surface area contributed by atoms with Gasteiger partial charge in [0.25, 0.3) is 6.02 Å². The van der Waals surface area contributed by atoms with Crippen LogP contribution in [0.25, 0.3) is 0 Å². The number of aliphatic imine (C=N–C) groups is 1. The van der Waals surface area contributed by atoms with Crippen molar-refractivity contribution in [3.63, 3.8) is 0 Å². The number of rotatable bonds is 2. The molecule has 0 aromatic carbocycles. The van der Waals surface area contributed by atoms with Gasteiger partial charge < -0.3 is 9.64 Å². The fourth-order valence-corrected chi connectivity index (χ4v) is 3.14. The maximum Gasteiger partial charge on any atom is 0.288 e. The molecule has 0 N–H and O–H groups in total. The molecule has 2 unspecified atom stereocenters. The summed E-state index contributed by atoms with van der Waals surface area (Å²) in [6.45, 7) is 7.48. The van der Waals surface area contributed by atoms with Gasteiger partial charge in [0.2, 0.25) is 0 Å². The molecule has 1 aliphatic heterocycles. The maximum absolute atomic E-state index is 6.15. The molecule has 1 saturated carbocycles. The van der Waals surface area contributed by atoms with E-state index in [0.29, 0.717) is 18.2 Å². The molecule has 3 heteroatoms. The largest absolute Gasteiger partial charge is 0.460 e. The summed E-state index contributed by atoms with van der Waals surface area (Å²) in [5, 5.41) is 0. The molecule has 0 spiro atoms. The van der Waals surface area contributed by atoms with Crippen LogP contribution in [0.2, 0.25) is 0 Å². The molecule has 1 saturated heterocycles. The van der Waals surface area contributed by atoms with Crippen molar-refractivity contribution in [3.05, 3.63) is 0 Å². The zero-order chi connectivity index (χ0) is 13.0. The number of hydrogen-bond acceptors (Lipinski definition) is 2. The van der Waals surface area contributed by atoms with Gasteiger partial charge in [-0.05, 0) is 40.0 Å². The summed E-state index contributed by atoms with van der Waals surface area (Å²) < 4.78 is 6.15. The van der Waals surface area contributed by atoms with Crippen LogP contribution in [0.3, 0.4) is 0 Å². The van der Waals surface area contributed by atoms with Crippen LogP contribution in [0.5, 0.6) is 0 Å². The predicted octanol–water partition coefficient (Wildman–Crippen LogP) is 3.58. The number of amidine groups is 1.